The van der Waals surface area contributed by atoms with Crippen molar-refractivity contribution in [2.24, 2.45) is 11.8 Å². The lowest BCUT2D eigenvalue weighted by Crippen LogP contribution is -2.47. The van der Waals surface area contributed by atoms with Gasteiger partial charge in [-0.2, -0.15) is 0 Å². The zero-order valence-electron chi connectivity index (χ0n) is 18.6. The average molecular weight is 433 g/mol. The summed E-state index contributed by atoms with van der Waals surface area (Å²) in [7, 11) is 2.77. The second kappa shape index (κ2) is 10.5. The fourth-order valence-corrected chi connectivity index (χ4v) is 4.28. The molecule has 3 rings (SSSR count). The zero-order chi connectivity index (χ0) is 22.4. The topological polar surface area (TPSA) is 85.4 Å². The molecule has 0 N–H and O–H groups in total. The number of hydrogen-bond acceptors (Lipinski definition) is 6. The van der Waals surface area contributed by atoms with E-state index in [1.165, 1.54) is 20.6 Å². The van der Waals surface area contributed by atoms with Crippen LogP contribution in [0.2, 0.25) is 0 Å². The number of ether oxygens (including phenoxy) is 3. The summed E-state index contributed by atoms with van der Waals surface area (Å²) in [6, 6.07) is 4.88. The number of rotatable bonds is 6. The molecule has 1 aromatic rings. The minimum atomic E-state index is -0.501. The minimum Gasteiger partial charge on any atom is -0.493 e. The van der Waals surface area contributed by atoms with Gasteiger partial charge in [-0.25, -0.2) is 4.79 Å². The highest BCUT2D eigenvalue weighted by atomic mass is 16.6. The molecule has 0 saturated carbocycles. The van der Waals surface area contributed by atoms with E-state index in [0.29, 0.717) is 48.9 Å². The van der Waals surface area contributed by atoms with Crippen LogP contribution in [0.15, 0.2) is 18.2 Å². The Morgan fingerprint density at radius 3 is 2.39 bits per heavy atom. The third kappa shape index (κ3) is 5.68. The van der Waals surface area contributed by atoms with Gasteiger partial charge in [0.2, 0.25) is 5.91 Å². The largest absolute Gasteiger partial charge is 0.493 e. The molecule has 31 heavy (non-hydrogen) atoms. The van der Waals surface area contributed by atoms with Gasteiger partial charge < -0.3 is 24.0 Å². The van der Waals surface area contributed by atoms with Crippen molar-refractivity contribution in [3.05, 3.63) is 23.8 Å². The second-order valence-electron chi connectivity index (χ2n) is 8.33. The SMILES string of the molecule is COC(=O)COc1ccc(C(=O)N2CCC(C(=O)N3CCCC(C)C3)CC2)cc1OC. The molecular weight excluding hydrogens is 400 g/mol. The van der Waals surface area contributed by atoms with Crippen molar-refractivity contribution in [3.8, 4) is 11.5 Å². The fraction of sp³-hybridized carbons (Fsp3) is 0.609. The Morgan fingerprint density at radius 1 is 1.00 bits per heavy atom. The Kier molecular flexibility index (Phi) is 7.76. The van der Waals surface area contributed by atoms with E-state index >= 15 is 0 Å². The van der Waals surface area contributed by atoms with Gasteiger partial charge >= 0.3 is 5.97 Å². The number of piperidine rings is 2. The number of methoxy groups -OCH3 is 2. The number of amides is 2. The minimum absolute atomic E-state index is 0.00187. The summed E-state index contributed by atoms with van der Waals surface area (Å²) in [5.74, 6) is 0.942. The quantitative estimate of drug-likeness (QED) is 0.642. The molecule has 1 aromatic carbocycles. The molecule has 2 amide bonds. The maximum absolute atomic E-state index is 13.0. The van der Waals surface area contributed by atoms with Gasteiger partial charge in [0.15, 0.2) is 18.1 Å². The number of likely N-dealkylation sites (tertiary alicyclic amines) is 2. The van der Waals surface area contributed by atoms with Crippen LogP contribution in [0.3, 0.4) is 0 Å². The number of carbonyl (C=O) groups excluding carboxylic acids is 3. The summed E-state index contributed by atoms with van der Waals surface area (Å²) in [4.78, 5) is 40.9. The van der Waals surface area contributed by atoms with Gasteiger partial charge in [0.25, 0.3) is 5.91 Å². The summed E-state index contributed by atoms with van der Waals surface area (Å²) in [5.41, 5.74) is 0.483. The monoisotopic (exact) mass is 432 g/mol. The van der Waals surface area contributed by atoms with Crippen LogP contribution in [-0.2, 0) is 14.3 Å². The fourth-order valence-electron chi connectivity index (χ4n) is 4.28. The van der Waals surface area contributed by atoms with Crippen LogP contribution in [-0.4, -0.2) is 74.6 Å². The first-order chi connectivity index (χ1) is 14.9. The molecule has 0 bridgehead atoms. The lowest BCUT2D eigenvalue weighted by molar-refractivity contribution is -0.143. The van der Waals surface area contributed by atoms with Gasteiger partial charge in [-0.1, -0.05) is 6.92 Å². The lowest BCUT2D eigenvalue weighted by atomic mass is 9.92. The van der Waals surface area contributed by atoms with Crippen molar-refractivity contribution in [3.63, 3.8) is 0 Å². The Bertz CT molecular complexity index is 803. The Hall–Kier alpha value is -2.77. The van der Waals surface area contributed by atoms with Crippen LogP contribution in [0.1, 0.15) is 43.0 Å². The lowest BCUT2D eigenvalue weighted by Gasteiger charge is -2.37. The van der Waals surface area contributed by atoms with Crippen LogP contribution < -0.4 is 9.47 Å². The van der Waals surface area contributed by atoms with Gasteiger partial charge in [-0.15, -0.1) is 0 Å². The summed E-state index contributed by atoms with van der Waals surface area (Å²) in [6.07, 6.45) is 3.64. The van der Waals surface area contributed by atoms with Crippen LogP contribution in [0.4, 0.5) is 0 Å². The molecule has 2 aliphatic rings. The molecule has 0 aromatic heterocycles. The van der Waals surface area contributed by atoms with Gasteiger partial charge in [-0.3, -0.25) is 9.59 Å². The molecule has 2 aliphatic heterocycles. The normalized spacial score (nSPS) is 19.6. The molecule has 8 nitrogen and oxygen atoms in total. The smallest absolute Gasteiger partial charge is 0.343 e. The van der Waals surface area contributed by atoms with Gasteiger partial charge in [0, 0.05) is 37.7 Å². The number of nitrogens with zero attached hydrogens (tertiary/aromatic N) is 2. The van der Waals surface area contributed by atoms with Crippen molar-refractivity contribution < 1.29 is 28.6 Å². The average Bonchev–Trinajstić information content (AvgIpc) is 2.81. The van der Waals surface area contributed by atoms with E-state index < -0.39 is 5.97 Å². The van der Waals surface area contributed by atoms with Gasteiger partial charge in [0.05, 0.1) is 14.2 Å². The van der Waals surface area contributed by atoms with Crippen LogP contribution in [0.5, 0.6) is 11.5 Å². The van der Waals surface area contributed by atoms with Crippen molar-refractivity contribution >= 4 is 17.8 Å². The number of esters is 1. The summed E-state index contributed by atoms with van der Waals surface area (Å²) in [5, 5.41) is 0. The van der Waals surface area contributed by atoms with E-state index in [1.54, 1.807) is 23.1 Å². The molecule has 0 radical (unpaired) electrons. The van der Waals surface area contributed by atoms with E-state index in [9.17, 15) is 14.4 Å². The van der Waals surface area contributed by atoms with Crippen LogP contribution >= 0.6 is 0 Å². The molecular formula is C23H32N2O6. The number of hydrogen-bond donors (Lipinski definition) is 0. The second-order valence-corrected chi connectivity index (χ2v) is 8.33. The van der Waals surface area contributed by atoms with Gasteiger partial charge in [-0.05, 0) is 49.8 Å². The Balaban J connectivity index is 1.57. The molecule has 0 spiro atoms. The van der Waals surface area contributed by atoms with Crippen molar-refractivity contribution in [2.45, 2.75) is 32.6 Å². The summed E-state index contributed by atoms with van der Waals surface area (Å²) >= 11 is 0. The third-order valence-electron chi connectivity index (χ3n) is 6.08. The molecule has 1 unspecified atom stereocenters. The first-order valence-corrected chi connectivity index (χ1v) is 10.9. The number of benzene rings is 1. The highest BCUT2D eigenvalue weighted by Gasteiger charge is 2.32. The predicted molar refractivity (Wildman–Crippen MR) is 114 cm³/mol. The Labute approximate surface area is 183 Å². The van der Waals surface area contributed by atoms with E-state index in [1.807, 2.05) is 4.90 Å². The Morgan fingerprint density at radius 2 is 1.74 bits per heavy atom. The van der Waals surface area contributed by atoms with Crippen molar-refractivity contribution in [1.29, 1.82) is 0 Å². The molecule has 0 aliphatic carbocycles. The van der Waals surface area contributed by atoms with E-state index in [4.69, 9.17) is 9.47 Å². The molecule has 1 atom stereocenters. The first kappa shape index (κ1) is 22.9. The van der Waals surface area contributed by atoms with Crippen LogP contribution in [0, 0.1) is 11.8 Å². The highest BCUT2D eigenvalue weighted by Crippen LogP contribution is 2.30. The predicted octanol–water partition coefficient (Wildman–Crippen LogP) is 2.36. The van der Waals surface area contributed by atoms with Crippen LogP contribution in [0.25, 0.3) is 0 Å². The standard InChI is InChI=1S/C23H32N2O6/c1-16-5-4-10-25(14-16)22(27)17-8-11-24(12-9-17)23(28)18-6-7-19(20(13-18)29-2)31-15-21(26)30-3/h6-7,13,16-17H,4-5,8-12,14-15H2,1-3H3. The summed E-state index contributed by atoms with van der Waals surface area (Å²) < 4.78 is 15.3. The third-order valence-corrected chi connectivity index (χ3v) is 6.08. The summed E-state index contributed by atoms with van der Waals surface area (Å²) in [6.45, 7) is 4.77. The molecule has 2 saturated heterocycles. The number of carbonyl (C=O) groups is 3. The highest BCUT2D eigenvalue weighted by molar-refractivity contribution is 5.95. The van der Waals surface area contributed by atoms with Gasteiger partial charge in [0.1, 0.15) is 0 Å². The molecule has 170 valence electrons. The molecule has 2 fully saturated rings. The first-order valence-electron chi connectivity index (χ1n) is 10.9. The van der Waals surface area contributed by atoms with E-state index in [0.717, 1.165) is 19.5 Å². The molecule has 2 heterocycles. The van der Waals surface area contributed by atoms with Crippen molar-refractivity contribution in [2.75, 3.05) is 47.0 Å². The maximum Gasteiger partial charge on any atom is 0.343 e. The van der Waals surface area contributed by atoms with E-state index in [-0.39, 0.29) is 24.3 Å². The zero-order valence-corrected chi connectivity index (χ0v) is 18.6. The molecule has 8 heteroatoms. The van der Waals surface area contributed by atoms with E-state index in [2.05, 4.69) is 11.7 Å². The van der Waals surface area contributed by atoms with Crippen molar-refractivity contribution in [1.82, 2.24) is 9.80 Å². The maximum atomic E-state index is 13.0.